The van der Waals surface area contributed by atoms with Crippen LogP contribution in [0.2, 0.25) is 0 Å². The molecule has 2 nitrogen and oxygen atoms in total. The number of rotatable bonds is 18. The number of unbranched alkanes of at least 4 members (excludes halogenated alkanes) is 15. The Bertz CT molecular complexity index is 471. The van der Waals surface area contributed by atoms with Gasteiger partial charge in [-0.05, 0) is 18.6 Å². The Kier molecular flexibility index (Phi) is 15.7. The van der Waals surface area contributed by atoms with Crippen molar-refractivity contribution in [2.45, 2.75) is 110 Å². The third-order valence-electron chi connectivity index (χ3n) is 5.60. The largest absolute Gasteiger partial charge is 0.312 e. The van der Waals surface area contributed by atoms with Gasteiger partial charge in [-0.15, -0.1) is 0 Å². The monoisotopic (exact) mass is 386 g/mol. The van der Waals surface area contributed by atoms with Gasteiger partial charge in [0.2, 0.25) is 5.91 Å². The second kappa shape index (κ2) is 17.8. The predicted octanol–water partition coefficient (Wildman–Crippen LogP) is 8.12. The van der Waals surface area contributed by atoms with E-state index in [0.717, 1.165) is 18.7 Å². The zero-order chi connectivity index (χ0) is 20.3. The normalized spacial score (nSPS) is 10.9. The Labute approximate surface area is 175 Å². The lowest BCUT2D eigenvalue weighted by Gasteiger charge is -2.21. The van der Waals surface area contributed by atoms with E-state index < -0.39 is 0 Å². The molecule has 1 rings (SSSR count). The molecule has 0 heterocycles. The fourth-order valence-corrected chi connectivity index (χ4v) is 3.82. The first-order chi connectivity index (χ1) is 13.8. The third kappa shape index (κ3) is 13.0. The number of nitrogens with zero attached hydrogens (tertiary/aromatic N) is 1. The highest BCUT2D eigenvalue weighted by Crippen LogP contribution is 2.16. The van der Waals surface area contributed by atoms with E-state index in [4.69, 9.17) is 0 Å². The molecular formula is C26H44NO. The minimum Gasteiger partial charge on any atom is -0.312 e. The van der Waals surface area contributed by atoms with Crippen LogP contribution in [-0.2, 0) is 4.79 Å². The van der Waals surface area contributed by atoms with Crippen molar-refractivity contribution in [2.75, 3.05) is 11.4 Å². The Hall–Kier alpha value is -1.31. The topological polar surface area (TPSA) is 20.3 Å². The molecule has 1 amide bonds. The summed E-state index contributed by atoms with van der Waals surface area (Å²) in [5.41, 5.74) is 0.962. The molecule has 0 N–H and O–H groups in total. The van der Waals surface area contributed by atoms with Gasteiger partial charge in [-0.25, -0.2) is 0 Å². The Morgan fingerprint density at radius 3 is 1.46 bits per heavy atom. The number of para-hydroxylation sites is 1. The fourth-order valence-electron chi connectivity index (χ4n) is 3.82. The van der Waals surface area contributed by atoms with Crippen molar-refractivity contribution in [1.82, 2.24) is 0 Å². The van der Waals surface area contributed by atoms with Crippen LogP contribution in [0, 0.1) is 6.92 Å². The first kappa shape index (κ1) is 24.7. The number of carbonyl (C=O) groups excluding carboxylic acids is 1. The van der Waals surface area contributed by atoms with Crippen molar-refractivity contribution in [1.29, 1.82) is 0 Å². The Morgan fingerprint density at radius 2 is 1.07 bits per heavy atom. The summed E-state index contributed by atoms with van der Waals surface area (Å²) in [7, 11) is 0. The summed E-state index contributed by atoms with van der Waals surface area (Å²) in [5, 5.41) is 0. The van der Waals surface area contributed by atoms with Crippen LogP contribution in [0.5, 0.6) is 0 Å². The second-order valence-electron chi connectivity index (χ2n) is 8.18. The molecule has 159 valence electrons. The van der Waals surface area contributed by atoms with E-state index in [2.05, 4.69) is 13.8 Å². The molecule has 0 atom stereocenters. The number of benzene rings is 1. The van der Waals surface area contributed by atoms with Gasteiger partial charge in [-0.2, -0.15) is 0 Å². The summed E-state index contributed by atoms with van der Waals surface area (Å²) in [4.78, 5) is 13.5. The highest BCUT2D eigenvalue weighted by atomic mass is 16.2. The van der Waals surface area contributed by atoms with E-state index in [-0.39, 0.29) is 5.91 Å². The first-order valence-corrected chi connectivity index (χ1v) is 11.9. The van der Waals surface area contributed by atoms with Gasteiger partial charge in [-0.3, -0.25) is 4.79 Å². The van der Waals surface area contributed by atoms with Crippen molar-refractivity contribution in [3.8, 4) is 0 Å². The van der Waals surface area contributed by atoms with Crippen molar-refractivity contribution >= 4 is 11.6 Å². The fraction of sp³-hybridized carbons (Fsp3) is 0.692. The lowest BCUT2D eigenvalue weighted by Crippen LogP contribution is -2.29. The maximum atomic E-state index is 11.8. The molecule has 0 bridgehead atoms. The van der Waals surface area contributed by atoms with E-state index in [1.807, 2.05) is 30.3 Å². The maximum Gasteiger partial charge on any atom is 0.227 e. The van der Waals surface area contributed by atoms with Crippen molar-refractivity contribution < 1.29 is 4.79 Å². The SMILES string of the molecule is [CH2]C(=O)N(CCCCCCCCCCCCCCCCCC)c1ccccc1. The van der Waals surface area contributed by atoms with E-state index >= 15 is 0 Å². The Morgan fingerprint density at radius 1 is 0.679 bits per heavy atom. The molecule has 2 heteroatoms. The molecule has 0 aliphatic carbocycles. The third-order valence-corrected chi connectivity index (χ3v) is 5.60. The summed E-state index contributed by atoms with van der Waals surface area (Å²) in [6, 6.07) is 9.88. The van der Waals surface area contributed by atoms with Gasteiger partial charge in [0.15, 0.2) is 0 Å². The maximum absolute atomic E-state index is 11.8. The van der Waals surface area contributed by atoms with E-state index in [1.54, 1.807) is 4.90 Å². The van der Waals surface area contributed by atoms with Crippen molar-refractivity contribution in [3.63, 3.8) is 0 Å². The van der Waals surface area contributed by atoms with Gasteiger partial charge >= 0.3 is 0 Å². The zero-order valence-corrected chi connectivity index (χ0v) is 18.5. The molecule has 0 unspecified atom stereocenters. The number of hydrogen-bond acceptors (Lipinski definition) is 1. The summed E-state index contributed by atoms with van der Waals surface area (Å²) < 4.78 is 0. The molecule has 1 radical (unpaired) electrons. The molecule has 0 spiro atoms. The summed E-state index contributed by atoms with van der Waals surface area (Å²) in [6.45, 7) is 6.66. The molecule has 0 aliphatic rings. The molecule has 0 aromatic heterocycles. The average Bonchev–Trinajstić information content (AvgIpc) is 2.70. The second-order valence-corrected chi connectivity index (χ2v) is 8.18. The highest BCUT2D eigenvalue weighted by molar-refractivity contribution is 5.96. The van der Waals surface area contributed by atoms with Crippen LogP contribution < -0.4 is 4.90 Å². The quantitative estimate of drug-likeness (QED) is 0.233. The van der Waals surface area contributed by atoms with Crippen LogP contribution in [-0.4, -0.2) is 12.5 Å². The van der Waals surface area contributed by atoms with Crippen LogP contribution in [0.25, 0.3) is 0 Å². The first-order valence-electron chi connectivity index (χ1n) is 11.9. The smallest absolute Gasteiger partial charge is 0.227 e. The molecular weight excluding hydrogens is 342 g/mol. The zero-order valence-electron chi connectivity index (χ0n) is 18.5. The van der Waals surface area contributed by atoms with E-state index in [0.29, 0.717) is 0 Å². The van der Waals surface area contributed by atoms with Gasteiger partial charge in [-0.1, -0.05) is 121 Å². The van der Waals surface area contributed by atoms with E-state index in [1.165, 1.54) is 96.3 Å². The van der Waals surface area contributed by atoms with Crippen LogP contribution in [0.15, 0.2) is 30.3 Å². The van der Waals surface area contributed by atoms with Gasteiger partial charge in [0.25, 0.3) is 0 Å². The molecule has 0 saturated carbocycles. The minimum atomic E-state index is -0.104. The molecule has 0 aliphatic heterocycles. The lowest BCUT2D eigenvalue weighted by atomic mass is 10.0. The summed E-state index contributed by atoms with van der Waals surface area (Å²) in [6.07, 6.45) is 21.9. The van der Waals surface area contributed by atoms with Gasteiger partial charge in [0, 0.05) is 19.2 Å². The van der Waals surface area contributed by atoms with Gasteiger partial charge in [0.1, 0.15) is 0 Å². The number of carbonyl (C=O) groups is 1. The molecule has 1 aromatic carbocycles. The standard InChI is InChI=1S/C26H44NO/c1-3-4-5-6-7-8-9-10-11-12-13-14-15-16-17-21-24-27(25(2)28)26-22-19-18-20-23-26/h18-20,22-23H,2-17,21,24H2,1H3. The van der Waals surface area contributed by atoms with Crippen molar-refractivity contribution in [2.24, 2.45) is 0 Å². The Balaban J connectivity index is 1.88. The van der Waals surface area contributed by atoms with Crippen LogP contribution in [0.1, 0.15) is 110 Å². The van der Waals surface area contributed by atoms with Crippen LogP contribution in [0.3, 0.4) is 0 Å². The molecule has 0 saturated heterocycles. The average molecular weight is 387 g/mol. The number of amides is 1. The van der Waals surface area contributed by atoms with Crippen LogP contribution in [0.4, 0.5) is 5.69 Å². The number of anilines is 1. The summed E-state index contributed by atoms with van der Waals surface area (Å²) >= 11 is 0. The number of hydrogen-bond donors (Lipinski definition) is 0. The van der Waals surface area contributed by atoms with Crippen molar-refractivity contribution in [3.05, 3.63) is 37.3 Å². The molecule has 0 fully saturated rings. The van der Waals surface area contributed by atoms with Gasteiger partial charge < -0.3 is 4.90 Å². The molecule has 28 heavy (non-hydrogen) atoms. The molecule has 1 aromatic rings. The van der Waals surface area contributed by atoms with Gasteiger partial charge in [0.05, 0.1) is 0 Å². The summed E-state index contributed by atoms with van der Waals surface area (Å²) in [5.74, 6) is -0.104. The minimum absolute atomic E-state index is 0.104. The highest BCUT2D eigenvalue weighted by Gasteiger charge is 2.10. The van der Waals surface area contributed by atoms with E-state index in [9.17, 15) is 4.79 Å². The lowest BCUT2D eigenvalue weighted by molar-refractivity contribution is -0.114. The van der Waals surface area contributed by atoms with Crippen LogP contribution >= 0.6 is 0 Å². The predicted molar refractivity (Wildman–Crippen MR) is 124 cm³/mol.